The minimum Gasteiger partial charge on any atom is -0.452 e. The van der Waals surface area contributed by atoms with Crippen LogP contribution in [0, 0.1) is 0 Å². The number of furan rings is 1. The first-order valence-electron chi connectivity index (χ1n) is 9.12. The summed E-state index contributed by atoms with van der Waals surface area (Å²) in [6.45, 7) is -3.23. The van der Waals surface area contributed by atoms with Crippen molar-refractivity contribution in [3.63, 3.8) is 0 Å². The second-order valence-corrected chi connectivity index (χ2v) is 7.77. The van der Waals surface area contributed by atoms with E-state index in [1.807, 2.05) is 0 Å². The third-order valence-corrected chi connectivity index (χ3v) is 5.29. The topological polar surface area (TPSA) is 55.4 Å². The maximum Gasteiger partial charge on any atom is 0.416 e. The highest BCUT2D eigenvalue weighted by Gasteiger charge is 2.32. The zero-order chi connectivity index (χ0) is 24.1. The highest BCUT2D eigenvalue weighted by atomic mass is 35.5. The first-order valence-corrected chi connectivity index (χ1v) is 9.88. The summed E-state index contributed by atoms with van der Waals surface area (Å²) < 4.78 is 77.0. The predicted octanol–water partition coefficient (Wildman–Crippen LogP) is 6.59. The number of fused-ring (bicyclic) bond motifs is 3. The molecular weight excluding hydrogens is 494 g/mol. The molecule has 0 spiro atoms. The molecular formula is C21H12Cl2F5N2O3+. The Bertz CT molecular complexity index is 1380. The minimum absolute atomic E-state index is 0.0554. The van der Waals surface area contributed by atoms with Crippen LogP contribution in [-0.4, -0.2) is 12.5 Å². The Morgan fingerprint density at radius 3 is 2.39 bits per heavy atom. The van der Waals surface area contributed by atoms with Crippen molar-refractivity contribution in [3.05, 3.63) is 63.9 Å². The van der Waals surface area contributed by atoms with Crippen molar-refractivity contribution < 1.29 is 40.5 Å². The number of anilines is 1. The van der Waals surface area contributed by atoms with Crippen molar-refractivity contribution in [1.29, 1.82) is 0 Å². The molecule has 4 aromatic rings. The second kappa shape index (κ2) is 8.35. The van der Waals surface area contributed by atoms with E-state index in [0.717, 1.165) is 30.3 Å². The normalized spacial score (nSPS) is 12.0. The van der Waals surface area contributed by atoms with Crippen LogP contribution in [0.5, 0.6) is 5.75 Å². The van der Waals surface area contributed by atoms with Crippen molar-refractivity contribution in [2.45, 2.75) is 12.8 Å². The van der Waals surface area contributed by atoms with Gasteiger partial charge in [0, 0.05) is 10.8 Å². The number of benzene rings is 2. The van der Waals surface area contributed by atoms with Gasteiger partial charge in [-0.05, 0) is 30.3 Å². The molecule has 0 fully saturated rings. The molecule has 12 heteroatoms. The first-order chi connectivity index (χ1) is 15.5. The van der Waals surface area contributed by atoms with E-state index in [-0.39, 0.29) is 43.2 Å². The molecule has 0 aliphatic carbocycles. The summed E-state index contributed by atoms with van der Waals surface area (Å²) in [7, 11) is 1.66. The summed E-state index contributed by atoms with van der Waals surface area (Å²) in [6, 6.07) is 4.78. The number of hydrogen-bond acceptors (Lipinski definition) is 3. The quantitative estimate of drug-likeness (QED) is 0.251. The summed E-state index contributed by atoms with van der Waals surface area (Å²) in [5.74, 6) is -1.24. The van der Waals surface area contributed by atoms with E-state index in [4.69, 9.17) is 27.6 Å². The number of halogens is 7. The zero-order valence-electron chi connectivity index (χ0n) is 16.4. The highest BCUT2D eigenvalue weighted by molar-refractivity contribution is 6.39. The Kier molecular flexibility index (Phi) is 5.83. The van der Waals surface area contributed by atoms with E-state index in [1.165, 1.54) is 12.4 Å². The Labute approximate surface area is 192 Å². The van der Waals surface area contributed by atoms with Crippen LogP contribution in [-0.2, 0) is 13.2 Å². The average molecular weight is 506 g/mol. The van der Waals surface area contributed by atoms with E-state index in [9.17, 15) is 26.7 Å². The van der Waals surface area contributed by atoms with Crippen LogP contribution in [0.3, 0.4) is 0 Å². The number of pyridine rings is 1. The Hall–Kier alpha value is -3.11. The van der Waals surface area contributed by atoms with Crippen LogP contribution in [0.25, 0.3) is 21.9 Å². The smallest absolute Gasteiger partial charge is 0.416 e. The van der Waals surface area contributed by atoms with Gasteiger partial charge in [-0.2, -0.15) is 22.0 Å². The van der Waals surface area contributed by atoms with Gasteiger partial charge in [0.2, 0.25) is 0 Å². The van der Waals surface area contributed by atoms with Gasteiger partial charge in [0.25, 0.3) is 5.91 Å². The van der Waals surface area contributed by atoms with Gasteiger partial charge in [-0.3, -0.25) is 4.79 Å². The molecule has 0 aliphatic rings. The molecule has 1 amide bonds. The number of alkyl halides is 5. The average Bonchev–Trinajstić information content (AvgIpc) is 3.09. The van der Waals surface area contributed by atoms with E-state index in [0.29, 0.717) is 0 Å². The Morgan fingerprint density at radius 1 is 1.12 bits per heavy atom. The Morgan fingerprint density at radius 2 is 1.79 bits per heavy atom. The van der Waals surface area contributed by atoms with E-state index in [2.05, 4.69) is 10.1 Å². The second-order valence-electron chi connectivity index (χ2n) is 6.95. The molecule has 0 aliphatic heterocycles. The van der Waals surface area contributed by atoms with Crippen LogP contribution in [0.1, 0.15) is 15.9 Å². The molecule has 0 radical (unpaired) electrons. The standard InChI is InChI=1S/C21H11Cl2F5N2O3/c1-30-7-12(22)17(13(23)8-30)29-19(31)10-3-5-15(33-20(24)25)18-16(10)11-6-9(21(26,27)28)2-4-14(11)32-18/h2-8,20H,1H3/p+1. The molecule has 5 nitrogen and oxygen atoms in total. The number of nitrogens with one attached hydrogen (secondary N) is 1. The third-order valence-electron chi connectivity index (χ3n) is 4.72. The highest BCUT2D eigenvalue weighted by Crippen LogP contribution is 2.41. The number of carbonyl (C=O) groups is 1. The van der Waals surface area contributed by atoms with Crippen molar-refractivity contribution in [2.24, 2.45) is 7.05 Å². The predicted molar refractivity (Wildman–Crippen MR) is 111 cm³/mol. The molecule has 0 saturated heterocycles. The number of nitrogens with zero attached hydrogens (tertiary/aromatic N) is 1. The first kappa shape index (κ1) is 23.1. The molecule has 2 aromatic heterocycles. The van der Waals surface area contributed by atoms with Gasteiger partial charge in [-0.15, -0.1) is 0 Å². The third kappa shape index (κ3) is 4.40. The molecule has 1 N–H and O–H groups in total. The van der Waals surface area contributed by atoms with Gasteiger partial charge in [0.15, 0.2) is 23.7 Å². The molecule has 4 rings (SSSR count). The van der Waals surface area contributed by atoms with E-state index >= 15 is 0 Å². The largest absolute Gasteiger partial charge is 0.452 e. The van der Waals surface area contributed by atoms with Crippen molar-refractivity contribution in [3.8, 4) is 5.75 Å². The van der Waals surface area contributed by atoms with Gasteiger partial charge >= 0.3 is 12.8 Å². The fraction of sp³-hybridized carbons (Fsp3) is 0.143. The summed E-state index contributed by atoms with van der Waals surface area (Å²) in [5.41, 5.74) is -1.48. The maximum atomic E-state index is 13.3. The summed E-state index contributed by atoms with van der Waals surface area (Å²) in [5, 5.41) is 2.46. The van der Waals surface area contributed by atoms with Crippen LogP contribution in [0.15, 0.2) is 47.1 Å². The number of aromatic nitrogens is 1. The van der Waals surface area contributed by atoms with E-state index < -0.39 is 30.0 Å². The summed E-state index contributed by atoms with van der Waals surface area (Å²) in [6.07, 6.45) is -1.74. The lowest BCUT2D eigenvalue weighted by Crippen LogP contribution is -2.27. The van der Waals surface area contributed by atoms with Crippen LogP contribution in [0.2, 0.25) is 10.0 Å². The van der Waals surface area contributed by atoms with Gasteiger partial charge in [-0.1, -0.05) is 23.2 Å². The molecule has 0 bridgehead atoms. The van der Waals surface area contributed by atoms with Gasteiger partial charge in [-0.25, -0.2) is 4.57 Å². The van der Waals surface area contributed by atoms with Gasteiger partial charge < -0.3 is 14.5 Å². The number of rotatable bonds is 4. The molecule has 2 aromatic carbocycles. The fourth-order valence-corrected chi connectivity index (χ4v) is 4.00. The number of ether oxygens (including phenoxy) is 1. The molecule has 33 heavy (non-hydrogen) atoms. The Balaban J connectivity index is 1.93. The number of amides is 1. The van der Waals surface area contributed by atoms with E-state index in [1.54, 1.807) is 11.6 Å². The summed E-state index contributed by atoms with van der Waals surface area (Å²) in [4.78, 5) is 13.1. The van der Waals surface area contributed by atoms with Crippen molar-refractivity contribution in [1.82, 2.24) is 0 Å². The van der Waals surface area contributed by atoms with Crippen molar-refractivity contribution in [2.75, 3.05) is 5.32 Å². The molecule has 0 atom stereocenters. The van der Waals surface area contributed by atoms with Gasteiger partial charge in [0.1, 0.15) is 22.7 Å². The van der Waals surface area contributed by atoms with Crippen LogP contribution < -0.4 is 14.6 Å². The fourth-order valence-electron chi connectivity index (χ4n) is 3.35. The van der Waals surface area contributed by atoms with Gasteiger partial charge in [0.05, 0.1) is 16.8 Å². The van der Waals surface area contributed by atoms with Crippen molar-refractivity contribution >= 4 is 56.7 Å². The lowest BCUT2D eigenvalue weighted by molar-refractivity contribution is -0.671. The maximum absolute atomic E-state index is 13.3. The number of hydrogen-bond donors (Lipinski definition) is 1. The SMILES string of the molecule is C[n+]1cc(Cl)c(NC(=O)c2ccc(OC(F)F)c3oc4ccc(C(F)(F)F)cc4c23)c(Cl)c1. The molecule has 0 saturated carbocycles. The summed E-state index contributed by atoms with van der Waals surface area (Å²) >= 11 is 12.3. The minimum atomic E-state index is -4.68. The lowest BCUT2D eigenvalue weighted by atomic mass is 10.0. The molecule has 0 unspecified atom stereocenters. The lowest BCUT2D eigenvalue weighted by Gasteiger charge is -2.11. The van der Waals surface area contributed by atoms with Crippen LogP contribution >= 0.6 is 23.2 Å². The van der Waals surface area contributed by atoms with Crippen LogP contribution in [0.4, 0.5) is 27.6 Å². The number of aryl methyl sites for hydroxylation is 1. The monoisotopic (exact) mass is 505 g/mol. The molecule has 2 heterocycles. The zero-order valence-corrected chi connectivity index (χ0v) is 17.9. The molecule has 172 valence electrons. The number of carbonyl (C=O) groups excluding carboxylic acids is 1.